The van der Waals surface area contributed by atoms with Gasteiger partial charge in [-0.25, -0.2) is 9.97 Å². The molecule has 3 rings (SSSR count). The third-order valence-corrected chi connectivity index (χ3v) is 3.78. The molecule has 2 heterocycles. The summed E-state index contributed by atoms with van der Waals surface area (Å²) in [7, 11) is 0. The van der Waals surface area contributed by atoms with Gasteiger partial charge in [0.1, 0.15) is 5.15 Å². The Morgan fingerprint density at radius 3 is 2.37 bits per heavy atom. The highest BCUT2D eigenvalue weighted by Gasteiger charge is 2.17. The normalized spacial score (nSPS) is 14.3. The van der Waals surface area contributed by atoms with Crippen molar-refractivity contribution in [2.45, 2.75) is 39.5 Å². The minimum absolute atomic E-state index is 0.617. The molecular formula is C15H16ClN3. The van der Waals surface area contributed by atoms with Crippen LogP contribution in [0.5, 0.6) is 0 Å². The molecule has 0 N–H and O–H groups in total. The van der Waals surface area contributed by atoms with Crippen LogP contribution in [0.4, 0.5) is 0 Å². The number of nitrogens with zero attached hydrogens (tertiary/aromatic N) is 3. The lowest BCUT2D eigenvalue weighted by Crippen LogP contribution is -2.09. The first-order valence-corrected chi connectivity index (χ1v) is 7.02. The first-order valence-electron chi connectivity index (χ1n) is 6.64. The molecule has 2 aromatic heterocycles. The Hall–Kier alpha value is -1.48. The van der Waals surface area contributed by atoms with Crippen molar-refractivity contribution in [1.29, 1.82) is 0 Å². The topological polar surface area (TPSA) is 38.7 Å². The molecule has 0 aromatic carbocycles. The van der Waals surface area contributed by atoms with Crippen LogP contribution in [-0.4, -0.2) is 15.0 Å². The second-order valence-corrected chi connectivity index (χ2v) is 5.47. The summed E-state index contributed by atoms with van der Waals surface area (Å²) in [5.74, 6) is 0.722. The van der Waals surface area contributed by atoms with Crippen molar-refractivity contribution in [3.8, 4) is 11.4 Å². The number of rotatable bonds is 1. The van der Waals surface area contributed by atoms with Gasteiger partial charge in [-0.05, 0) is 51.7 Å². The molecule has 0 bridgehead atoms. The van der Waals surface area contributed by atoms with Crippen molar-refractivity contribution in [1.82, 2.24) is 15.0 Å². The number of pyridine rings is 1. The van der Waals surface area contributed by atoms with E-state index in [2.05, 4.69) is 9.97 Å². The van der Waals surface area contributed by atoms with E-state index < -0.39 is 0 Å². The third-order valence-electron chi connectivity index (χ3n) is 3.47. The van der Waals surface area contributed by atoms with Crippen LogP contribution in [0.2, 0.25) is 5.15 Å². The fourth-order valence-corrected chi connectivity index (χ4v) is 2.92. The molecule has 4 heteroatoms. The van der Waals surface area contributed by atoms with Crippen molar-refractivity contribution in [3.63, 3.8) is 0 Å². The van der Waals surface area contributed by atoms with Crippen LogP contribution in [0.15, 0.2) is 12.1 Å². The Kier molecular flexibility index (Phi) is 3.23. The highest BCUT2D eigenvalue weighted by Crippen LogP contribution is 2.28. The Balaban J connectivity index is 2.12. The Morgan fingerprint density at radius 1 is 0.947 bits per heavy atom. The zero-order valence-electron chi connectivity index (χ0n) is 11.2. The van der Waals surface area contributed by atoms with Crippen LogP contribution in [-0.2, 0) is 12.8 Å². The number of halogens is 1. The van der Waals surface area contributed by atoms with Crippen LogP contribution in [0.25, 0.3) is 11.4 Å². The van der Waals surface area contributed by atoms with Crippen molar-refractivity contribution in [3.05, 3.63) is 39.9 Å². The Labute approximate surface area is 118 Å². The lowest BCUT2D eigenvalue weighted by molar-refractivity contribution is 0.663. The molecule has 1 aliphatic rings. The standard InChI is InChI=1S/C15H16ClN3/c1-9-7-11(8-10(2)17-9)15-18-13-6-4-3-5-12(13)14(16)19-15/h7-8H,3-6H2,1-2H3. The van der Waals surface area contributed by atoms with E-state index in [0.717, 1.165) is 46.9 Å². The molecule has 0 radical (unpaired) electrons. The van der Waals surface area contributed by atoms with E-state index in [1.54, 1.807) is 0 Å². The molecular weight excluding hydrogens is 258 g/mol. The lowest BCUT2D eigenvalue weighted by atomic mass is 9.97. The molecule has 19 heavy (non-hydrogen) atoms. The molecule has 0 amide bonds. The first kappa shape index (κ1) is 12.5. The predicted octanol–water partition coefficient (Wildman–Crippen LogP) is 3.69. The molecule has 2 aromatic rings. The minimum Gasteiger partial charge on any atom is -0.258 e. The lowest BCUT2D eigenvalue weighted by Gasteiger charge is -2.16. The summed E-state index contributed by atoms with van der Waals surface area (Å²) in [5, 5.41) is 0.617. The maximum atomic E-state index is 6.31. The number of aryl methyl sites for hydroxylation is 3. The molecule has 0 spiro atoms. The van der Waals surface area contributed by atoms with Gasteiger partial charge in [-0.15, -0.1) is 0 Å². The van der Waals surface area contributed by atoms with Crippen LogP contribution in [0, 0.1) is 13.8 Å². The quantitative estimate of drug-likeness (QED) is 0.744. The molecule has 0 unspecified atom stereocenters. The first-order chi connectivity index (χ1) is 9.13. The second-order valence-electron chi connectivity index (χ2n) is 5.11. The molecule has 0 saturated heterocycles. The zero-order valence-corrected chi connectivity index (χ0v) is 12.0. The molecule has 0 fully saturated rings. The van der Waals surface area contributed by atoms with Gasteiger partial charge in [0.25, 0.3) is 0 Å². The summed E-state index contributed by atoms with van der Waals surface area (Å²) >= 11 is 6.31. The van der Waals surface area contributed by atoms with Crippen molar-refractivity contribution in [2.24, 2.45) is 0 Å². The average Bonchev–Trinajstić information content (AvgIpc) is 2.37. The van der Waals surface area contributed by atoms with Gasteiger partial charge in [-0.1, -0.05) is 11.6 Å². The molecule has 0 atom stereocenters. The van der Waals surface area contributed by atoms with Gasteiger partial charge in [0.15, 0.2) is 5.82 Å². The van der Waals surface area contributed by atoms with Gasteiger partial charge in [-0.2, -0.15) is 0 Å². The van der Waals surface area contributed by atoms with Gasteiger partial charge < -0.3 is 0 Å². The van der Waals surface area contributed by atoms with Crippen LogP contribution in [0.1, 0.15) is 35.5 Å². The fourth-order valence-electron chi connectivity index (χ4n) is 2.64. The summed E-state index contributed by atoms with van der Waals surface area (Å²) < 4.78 is 0. The van der Waals surface area contributed by atoms with Gasteiger partial charge in [0, 0.05) is 28.2 Å². The zero-order chi connectivity index (χ0) is 13.4. The summed E-state index contributed by atoms with van der Waals surface area (Å²) in [5.41, 5.74) is 5.22. The predicted molar refractivity (Wildman–Crippen MR) is 76.4 cm³/mol. The van der Waals surface area contributed by atoms with E-state index >= 15 is 0 Å². The summed E-state index contributed by atoms with van der Waals surface area (Å²) in [6, 6.07) is 4.02. The van der Waals surface area contributed by atoms with Crippen LogP contribution in [0.3, 0.4) is 0 Å². The van der Waals surface area contributed by atoms with E-state index in [9.17, 15) is 0 Å². The van der Waals surface area contributed by atoms with E-state index in [1.165, 1.54) is 12.8 Å². The number of aromatic nitrogens is 3. The monoisotopic (exact) mass is 273 g/mol. The summed E-state index contributed by atoms with van der Waals surface area (Å²) in [6.45, 7) is 3.97. The smallest absolute Gasteiger partial charge is 0.161 e. The molecule has 1 aliphatic carbocycles. The maximum Gasteiger partial charge on any atom is 0.161 e. The molecule has 0 saturated carbocycles. The van der Waals surface area contributed by atoms with Gasteiger partial charge in [0.2, 0.25) is 0 Å². The number of hydrogen-bond donors (Lipinski definition) is 0. The van der Waals surface area contributed by atoms with Crippen LogP contribution >= 0.6 is 11.6 Å². The highest BCUT2D eigenvalue weighted by molar-refractivity contribution is 6.30. The summed E-state index contributed by atoms with van der Waals surface area (Å²) in [6.07, 6.45) is 4.38. The maximum absolute atomic E-state index is 6.31. The van der Waals surface area contributed by atoms with Crippen molar-refractivity contribution in [2.75, 3.05) is 0 Å². The second kappa shape index (κ2) is 4.89. The highest BCUT2D eigenvalue weighted by atomic mass is 35.5. The van der Waals surface area contributed by atoms with Crippen molar-refractivity contribution < 1.29 is 0 Å². The average molecular weight is 274 g/mol. The third kappa shape index (κ3) is 2.47. The van der Waals surface area contributed by atoms with E-state index in [-0.39, 0.29) is 0 Å². The van der Waals surface area contributed by atoms with Crippen LogP contribution < -0.4 is 0 Å². The molecule has 0 aliphatic heterocycles. The summed E-state index contributed by atoms with van der Waals surface area (Å²) in [4.78, 5) is 13.5. The number of hydrogen-bond acceptors (Lipinski definition) is 3. The minimum atomic E-state index is 0.617. The Morgan fingerprint density at radius 2 is 1.63 bits per heavy atom. The van der Waals surface area contributed by atoms with Gasteiger partial charge in [-0.3, -0.25) is 4.98 Å². The van der Waals surface area contributed by atoms with E-state index in [0.29, 0.717) is 5.15 Å². The largest absolute Gasteiger partial charge is 0.258 e. The molecule has 98 valence electrons. The SMILES string of the molecule is Cc1cc(-c2nc(Cl)c3c(n2)CCCC3)cc(C)n1. The molecule has 3 nitrogen and oxygen atoms in total. The Bertz CT molecular complexity index is 617. The van der Waals surface area contributed by atoms with Crippen molar-refractivity contribution >= 4 is 11.6 Å². The van der Waals surface area contributed by atoms with Gasteiger partial charge in [0.05, 0.1) is 0 Å². The van der Waals surface area contributed by atoms with E-state index in [4.69, 9.17) is 16.6 Å². The number of fused-ring (bicyclic) bond motifs is 1. The fraction of sp³-hybridized carbons (Fsp3) is 0.400. The van der Waals surface area contributed by atoms with E-state index in [1.807, 2.05) is 26.0 Å². The van der Waals surface area contributed by atoms with Gasteiger partial charge >= 0.3 is 0 Å².